The highest BCUT2D eigenvalue weighted by Gasteiger charge is 2.38. The van der Waals surface area contributed by atoms with Crippen LogP contribution >= 0.6 is 0 Å². The van der Waals surface area contributed by atoms with Crippen molar-refractivity contribution in [2.45, 2.75) is 13.1 Å². The van der Waals surface area contributed by atoms with E-state index in [0.29, 0.717) is 5.56 Å². The van der Waals surface area contributed by atoms with Crippen molar-refractivity contribution in [1.82, 2.24) is 0 Å². The van der Waals surface area contributed by atoms with Crippen LogP contribution in [0.1, 0.15) is 11.1 Å². The molecule has 0 spiro atoms. The summed E-state index contributed by atoms with van der Waals surface area (Å²) < 4.78 is 45.7. The van der Waals surface area contributed by atoms with Crippen LogP contribution in [0.3, 0.4) is 0 Å². The van der Waals surface area contributed by atoms with Gasteiger partial charge in [-0.15, -0.1) is 0 Å². The van der Waals surface area contributed by atoms with Gasteiger partial charge in [-0.2, -0.15) is 13.2 Å². The zero-order valence-corrected chi connectivity index (χ0v) is 11.6. The number of hydrogen-bond acceptors (Lipinski definition) is 2. The molecule has 0 aliphatic rings. The van der Waals surface area contributed by atoms with E-state index in [0.717, 1.165) is 0 Å². The molecule has 22 heavy (non-hydrogen) atoms. The first-order valence-corrected chi connectivity index (χ1v) is 6.58. The summed E-state index contributed by atoms with van der Waals surface area (Å²) in [6.07, 6.45) is -4.63. The van der Waals surface area contributed by atoms with Gasteiger partial charge < -0.3 is 4.42 Å². The SMILES string of the molecule is Cc1ccc2c(=O)oc(-c3ccccc3)c(C(F)(F)F)c2c1. The Bertz CT molecular complexity index is 893. The Labute approximate surface area is 123 Å². The Morgan fingerprint density at radius 3 is 2.27 bits per heavy atom. The topological polar surface area (TPSA) is 30.2 Å². The summed E-state index contributed by atoms with van der Waals surface area (Å²) in [7, 11) is 0. The van der Waals surface area contributed by atoms with Crippen molar-refractivity contribution < 1.29 is 17.6 Å². The van der Waals surface area contributed by atoms with Gasteiger partial charge in [0.05, 0.1) is 5.39 Å². The van der Waals surface area contributed by atoms with Crippen LogP contribution in [0.5, 0.6) is 0 Å². The van der Waals surface area contributed by atoms with Crippen LogP contribution in [0.4, 0.5) is 13.2 Å². The largest absolute Gasteiger partial charge is 0.422 e. The molecule has 0 radical (unpaired) electrons. The maximum Gasteiger partial charge on any atom is 0.420 e. The van der Waals surface area contributed by atoms with E-state index in [4.69, 9.17) is 4.42 Å². The molecular weight excluding hydrogens is 293 g/mol. The molecule has 3 rings (SSSR count). The fourth-order valence-electron chi connectivity index (χ4n) is 2.44. The number of fused-ring (bicyclic) bond motifs is 1. The smallest absolute Gasteiger partial charge is 0.420 e. The number of halogens is 3. The van der Waals surface area contributed by atoms with Crippen molar-refractivity contribution in [1.29, 1.82) is 0 Å². The third-order valence-corrected chi connectivity index (χ3v) is 3.41. The Morgan fingerprint density at radius 2 is 1.64 bits per heavy atom. The third-order valence-electron chi connectivity index (χ3n) is 3.41. The average molecular weight is 304 g/mol. The third kappa shape index (κ3) is 2.39. The van der Waals surface area contributed by atoms with Gasteiger partial charge in [0.25, 0.3) is 0 Å². The van der Waals surface area contributed by atoms with E-state index in [1.54, 1.807) is 31.2 Å². The second kappa shape index (κ2) is 5.02. The van der Waals surface area contributed by atoms with Gasteiger partial charge in [-0.1, -0.05) is 48.0 Å². The van der Waals surface area contributed by atoms with Crippen LogP contribution in [-0.4, -0.2) is 0 Å². The zero-order valence-electron chi connectivity index (χ0n) is 11.6. The van der Waals surface area contributed by atoms with Crippen LogP contribution in [0.25, 0.3) is 22.1 Å². The minimum absolute atomic E-state index is 0.0717. The molecule has 0 saturated heterocycles. The van der Waals surface area contributed by atoms with Gasteiger partial charge in [0.15, 0.2) is 5.76 Å². The van der Waals surface area contributed by atoms with Crippen molar-refractivity contribution in [3.63, 3.8) is 0 Å². The average Bonchev–Trinajstić information content (AvgIpc) is 2.46. The van der Waals surface area contributed by atoms with E-state index in [1.807, 2.05) is 0 Å². The van der Waals surface area contributed by atoms with Crippen molar-refractivity contribution in [3.8, 4) is 11.3 Å². The molecule has 2 nitrogen and oxygen atoms in total. The van der Waals surface area contributed by atoms with E-state index in [1.165, 1.54) is 24.3 Å². The number of alkyl halides is 3. The molecule has 1 aromatic heterocycles. The first-order chi connectivity index (χ1) is 10.4. The lowest BCUT2D eigenvalue weighted by atomic mass is 9.99. The van der Waals surface area contributed by atoms with E-state index < -0.39 is 23.1 Å². The summed E-state index contributed by atoms with van der Waals surface area (Å²) in [4.78, 5) is 12.0. The molecule has 0 fully saturated rings. The number of benzene rings is 2. The molecule has 0 aliphatic carbocycles. The molecule has 0 amide bonds. The predicted octanol–water partition coefficient (Wildman–Crippen LogP) is 4.79. The van der Waals surface area contributed by atoms with Gasteiger partial charge in [-0.25, -0.2) is 4.79 Å². The number of aryl methyl sites for hydroxylation is 1. The molecule has 0 unspecified atom stereocenters. The van der Waals surface area contributed by atoms with Gasteiger partial charge in [0.1, 0.15) is 5.56 Å². The zero-order chi connectivity index (χ0) is 15.9. The molecule has 5 heteroatoms. The summed E-state index contributed by atoms with van der Waals surface area (Å²) in [5.41, 5.74) is -0.836. The lowest BCUT2D eigenvalue weighted by molar-refractivity contribution is -0.136. The normalized spacial score (nSPS) is 11.8. The first-order valence-electron chi connectivity index (χ1n) is 6.58. The number of rotatable bonds is 1. The monoisotopic (exact) mass is 304 g/mol. The lowest BCUT2D eigenvalue weighted by Crippen LogP contribution is -2.13. The number of hydrogen-bond donors (Lipinski definition) is 0. The quantitative estimate of drug-likeness (QED) is 0.647. The highest BCUT2D eigenvalue weighted by atomic mass is 19.4. The molecule has 0 bridgehead atoms. The van der Waals surface area contributed by atoms with E-state index in [9.17, 15) is 18.0 Å². The van der Waals surface area contributed by atoms with Crippen LogP contribution < -0.4 is 5.63 Å². The van der Waals surface area contributed by atoms with Crippen LogP contribution in [0, 0.1) is 6.92 Å². The molecule has 2 aromatic carbocycles. The summed E-state index contributed by atoms with van der Waals surface area (Å²) >= 11 is 0. The van der Waals surface area contributed by atoms with E-state index in [2.05, 4.69) is 0 Å². The molecule has 3 aromatic rings. The van der Waals surface area contributed by atoms with Gasteiger partial charge in [-0.05, 0) is 13.0 Å². The highest BCUT2D eigenvalue weighted by molar-refractivity contribution is 5.89. The van der Waals surface area contributed by atoms with Crippen molar-refractivity contribution in [2.75, 3.05) is 0 Å². The molecule has 0 atom stereocenters. The molecule has 0 N–H and O–H groups in total. The predicted molar refractivity (Wildman–Crippen MR) is 77.7 cm³/mol. The summed E-state index contributed by atoms with van der Waals surface area (Å²) in [6.45, 7) is 1.68. The maximum atomic E-state index is 13.6. The summed E-state index contributed by atoms with van der Waals surface area (Å²) in [5, 5.41) is -0.208. The molecule has 0 saturated carbocycles. The second-order valence-electron chi connectivity index (χ2n) is 5.01. The summed E-state index contributed by atoms with van der Waals surface area (Å²) in [5.74, 6) is -0.448. The maximum absolute atomic E-state index is 13.6. The van der Waals surface area contributed by atoms with Crippen LogP contribution in [0.15, 0.2) is 57.7 Å². The Morgan fingerprint density at radius 1 is 0.955 bits per heavy atom. The fraction of sp³-hybridized carbons (Fsp3) is 0.118. The van der Waals surface area contributed by atoms with E-state index >= 15 is 0 Å². The Hall–Kier alpha value is -2.56. The standard InChI is InChI=1S/C17H11F3O2/c1-10-7-8-12-13(9-10)14(17(18,19)20)15(22-16(12)21)11-5-3-2-4-6-11/h2-9H,1H3. The molecule has 1 heterocycles. The van der Waals surface area contributed by atoms with Crippen molar-refractivity contribution >= 4 is 10.8 Å². The minimum atomic E-state index is -4.63. The van der Waals surface area contributed by atoms with Gasteiger partial charge in [0, 0.05) is 10.9 Å². The summed E-state index contributed by atoms with van der Waals surface area (Å²) in [6, 6.07) is 12.1. The van der Waals surface area contributed by atoms with Gasteiger partial charge in [-0.3, -0.25) is 0 Å². The van der Waals surface area contributed by atoms with Crippen LogP contribution in [0.2, 0.25) is 0 Å². The van der Waals surface area contributed by atoms with Crippen molar-refractivity contribution in [2.24, 2.45) is 0 Å². The van der Waals surface area contributed by atoms with Crippen LogP contribution in [-0.2, 0) is 6.18 Å². The van der Waals surface area contributed by atoms with Gasteiger partial charge in [0.2, 0.25) is 0 Å². The lowest BCUT2D eigenvalue weighted by Gasteiger charge is -2.14. The Balaban J connectivity index is 2.50. The minimum Gasteiger partial charge on any atom is -0.422 e. The first kappa shape index (κ1) is 14.4. The van der Waals surface area contributed by atoms with Crippen molar-refractivity contribution in [3.05, 3.63) is 70.1 Å². The highest BCUT2D eigenvalue weighted by Crippen LogP contribution is 2.40. The van der Waals surface area contributed by atoms with Gasteiger partial charge >= 0.3 is 11.8 Å². The second-order valence-corrected chi connectivity index (χ2v) is 5.01. The molecule has 0 aliphatic heterocycles. The fourth-order valence-corrected chi connectivity index (χ4v) is 2.44. The van der Waals surface area contributed by atoms with E-state index in [-0.39, 0.29) is 16.3 Å². The molecular formula is C17H11F3O2. The Kier molecular flexibility index (Phi) is 3.28. The molecule has 112 valence electrons.